The largest absolute Gasteiger partial charge is 0.352 e. The van der Waals surface area contributed by atoms with Crippen molar-refractivity contribution in [2.45, 2.75) is 33.4 Å². The number of nitrogens with zero attached hydrogens (tertiary/aromatic N) is 2. The number of carbonyl (C=O) groups excluding carboxylic acids is 1. The molecule has 1 heterocycles. The summed E-state index contributed by atoms with van der Waals surface area (Å²) in [5.74, 6) is 0.126. The Bertz CT molecular complexity index is 724. The highest BCUT2D eigenvalue weighted by Gasteiger charge is 2.12. The second-order valence-electron chi connectivity index (χ2n) is 5.44. The second-order valence-corrected chi connectivity index (χ2v) is 5.88. The Kier molecular flexibility index (Phi) is 4.63. The van der Waals surface area contributed by atoms with Crippen LogP contribution in [0.5, 0.6) is 0 Å². The Labute approximate surface area is 127 Å². The van der Waals surface area contributed by atoms with Gasteiger partial charge in [0.2, 0.25) is 5.91 Å². The lowest BCUT2D eigenvalue weighted by Gasteiger charge is -2.17. The minimum atomic E-state index is -0.269. The molecule has 1 aromatic carbocycles. The van der Waals surface area contributed by atoms with Gasteiger partial charge in [-0.1, -0.05) is 25.4 Å². The lowest BCUT2D eigenvalue weighted by Crippen LogP contribution is -2.39. The van der Waals surface area contributed by atoms with Crippen LogP contribution in [-0.2, 0) is 11.3 Å². The summed E-state index contributed by atoms with van der Waals surface area (Å²) >= 11 is 5.90. The molecule has 1 aromatic heterocycles. The molecule has 1 atom stereocenters. The van der Waals surface area contributed by atoms with Gasteiger partial charge in [-0.15, -0.1) is 0 Å². The minimum Gasteiger partial charge on any atom is -0.352 e. The fourth-order valence-corrected chi connectivity index (χ4v) is 2.04. The molecule has 0 spiro atoms. The maximum Gasteiger partial charge on any atom is 0.261 e. The van der Waals surface area contributed by atoms with E-state index in [9.17, 15) is 9.59 Å². The summed E-state index contributed by atoms with van der Waals surface area (Å²) < 4.78 is 1.29. The van der Waals surface area contributed by atoms with Crippen molar-refractivity contribution in [2.24, 2.45) is 5.92 Å². The second kappa shape index (κ2) is 6.26. The molecule has 21 heavy (non-hydrogen) atoms. The van der Waals surface area contributed by atoms with Crippen molar-refractivity contribution in [1.29, 1.82) is 0 Å². The van der Waals surface area contributed by atoms with Crippen LogP contribution in [0.2, 0.25) is 5.02 Å². The lowest BCUT2D eigenvalue weighted by molar-refractivity contribution is -0.122. The molecular weight excluding hydrogens is 290 g/mol. The normalized spacial score (nSPS) is 12.6. The molecular formula is C15H18ClN3O2. The van der Waals surface area contributed by atoms with Crippen LogP contribution in [-0.4, -0.2) is 21.5 Å². The van der Waals surface area contributed by atoms with E-state index >= 15 is 0 Å². The highest BCUT2D eigenvalue weighted by atomic mass is 35.5. The molecule has 0 radical (unpaired) electrons. The van der Waals surface area contributed by atoms with Gasteiger partial charge in [0.25, 0.3) is 5.56 Å². The molecule has 112 valence electrons. The average molecular weight is 308 g/mol. The van der Waals surface area contributed by atoms with Gasteiger partial charge in [0.05, 0.1) is 17.2 Å². The number of fused-ring (bicyclic) bond motifs is 1. The number of hydrogen-bond donors (Lipinski definition) is 1. The maximum atomic E-state index is 12.3. The van der Waals surface area contributed by atoms with Crippen LogP contribution >= 0.6 is 11.6 Å². The highest BCUT2D eigenvalue weighted by Crippen LogP contribution is 2.13. The number of nitrogens with one attached hydrogen (secondary N) is 1. The van der Waals surface area contributed by atoms with Gasteiger partial charge in [-0.25, -0.2) is 4.98 Å². The van der Waals surface area contributed by atoms with Crippen LogP contribution in [0.15, 0.2) is 29.3 Å². The molecule has 6 heteroatoms. The Hall–Kier alpha value is -1.88. The van der Waals surface area contributed by atoms with Crippen molar-refractivity contribution in [3.63, 3.8) is 0 Å². The van der Waals surface area contributed by atoms with Gasteiger partial charge >= 0.3 is 0 Å². The van der Waals surface area contributed by atoms with E-state index in [4.69, 9.17) is 11.6 Å². The van der Waals surface area contributed by atoms with Crippen LogP contribution in [0.25, 0.3) is 10.9 Å². The number of benzene rings is 1. The Morgan fingerprint density at radius 2 is 2.10 bits per heavy atom. The zero-order valence-corrected chi connectivity index (χ0v) is 13.0. The number of halogens is 1. The van der Waals surface area contributed by atoms with Gasteiger partial charge in [0.15, 0.2) is 0 Å². The smallest absolute Gasteiger partial charge is 0.261 e. The molecule has 5 nitrogen and oxygen atoms in total. The predicted octanol–water partition coefficient (Wildman–Crippen LogP) is 2.21. The number of aromatic nitrogens is 2. The summed E-state index contributed by atoms with van der Waals surface area (Å²) in [5.41, 5.74) is 0.298. The van der Waals surface area contributed by atoms with Gasteiger partial charge < -0.3 is 5.32 Å². The third-order valence-electron chi connectivity index (χ3n) is 3.49. The van der Waals surface area contributed by atoms with E-state index in [1.807, 2.05) is 20.8 Å². The molecule has 0 saturated carbocycles. The SMILES string of the molecule is CC(C)[C@H](C)NC(=O)Cn1cnc2ccc(Cl)cc2c1=O. The summed E-state index contributed by atoms with van der Waals surface area (Å²) in [7, 11) is 0. The summed E-state index contributed by atoms with van der Waals surface area (Å²) in [6.07, 6.45) is 1.39. The molecule has 0 fully saturated rings. The summed E-state index contributed by atoms with van der Waals surface area (Å²) in [6.45, 7) is 5.93. The van der Waals surface area contributed by atoms with Gasteiger partial charge in [-0.2, -0.15) is 0 Å². The van der Waals surface area contributed by atoms with Gasteiger partial charge in [0, 0.05) is 11.1 Å². The maximum absolute atomic E-state index is 12.3. The molecule has 0 aliphatic carbocycles. The molecule has 0 bridgehead atoms. The van der Waals surface area contributed by atoms with E-state index in [0.29, 0.717) is 21.8 Å². The molecule has 2 aromatic rings. The average Bonchev–Trinajstić information content (AvgIpc) is 2.42. The minimum absolute atomic E-state index is 0.0503. The summed E-state index contributed by atoms with van der Waals surface area (Å²) in [5, 5.41) is 3.74. The molecule has 0 saturated heterocycles. The molecule has 0 aliphatic heterocycles. The monoisotopic (exact) mass is 307 g/mol. The van der Waals surface area contributed by atoms with Crippen LogP contribution in [0.4, 0.5) is 0 Å². The Morgan fingerprint density at radius 3 is 2.76 bits per heavy atom. The molecule has 2 rings (SSSR count). The van der Waals surface area contributed by atoms with E-state index < -0.39 is 0 Å². The highest BCUT2D eigenvalue weighted by molar-refractivity contribution is 6.31. The van der Waals surface area contributed by atoms with Gasteiger partial charge in [0.1, 0.15) is 6.54 Å². The molecule has 1 N–H and O–H groups in total. The Morgan fingerprint density at radius 1 is 1.38 bits per heavy atom. The van der Waals surface area contributed by atoms with Crippen molar-refractivity contribution < 1.29 is 4.79 Å². The number of carbonyl (C=O) groups is 1. The third-order valence-corrected chi connectivity index (χ3v) is 3.72. The number of amides is 1. The van der Waals surface area contributed by atoms with Crippen molar-refractivity contribution in [2.75, 3.05) is 0 Å². The first-order valence-electron chi connectivity index (χ1n) is 6.82. The van der Waals surface area contributed by atoms with Crippen molar-refractivity contribution in [1.82, 2.24) is 14.9 Å². The van der Waals surface area contributed by atoms with Crippen LogP contribution < -0.4 is 10.9 Å². The van der Waals surface area contributed by atoms with E-state index in [1.165, 1.54) is 10.9 Å². The van der Waals surface area contributed by atoms with Crippen molar-refractivity contribution >= 4 is 28.4 Å². The quantitative estimate of drug-likeness (QED) is 0.942. The van der Waals surface area contributed by atoms with Crippen molar-refractivity contribution in [3.8, 4) is 0 Å². The molecule has 1 amide bonds. The summed E-state index contributed by atoms with van der Waals surface area (Å²) in [4.78, 5) is 28.5. The van der Waals surface area contributed by atoms with Crippen LogP contribution in [0.1, 0.15) is 20.8 Å². The first kappa shape index (κ1) is 15.5. The number of hydrogen-bond acceptors (Lipinski definition) is 3. The van der Waals surface area contributed by atoms with Crippen molar-refractivity contribution in [3.05, 3.63) is 39.9 Å². The lowest BCUT2D eigenvalue weighted by atomic mass is 10.1. The standard InChI is InChI=1S/C15H18ClN3O2/c1-9(2)10(3)18-14(20)7-19-8-17-13-5-4-11(16)6-12(13)15(19)21/h4-6,8-10H,7H2,1-3H3,(H,18,20)/t10-/m0/s1. The first-order chi connectivity index (χ1) is 9.88. The van der Waals surface area contributed by atoms with E-state index in [0.717, 1.165) is 0 Å². The molecule has 0 aliphatic rings. The first-order valence-corrected chi connectivity index (χ1v) is 7.20. The third kappa shape index (κ3) is 3.61. The van der Waals surface area contributed by atoms with Crippen LogP contribution in [0.3, 0.4) is 0 Å². The topological polar surface area (TPSA) is 64.0 Å². The van der Waals surface area contributed by atoms with E-state index in [1.54, 1.807) is 18.2 Å². The predicted molar refractivity (Wildman–Crippen MR) is 83.5 cm³/mol. The zero-order valence-electron chi connectivity index (χ0n) is 12.3. The van der Waals surface area contributed by atoms with Gasteiger partial charge in [-0.05, 0) is 31.0 Å². The zero-order chi connectivity index (χ0) is 15.6. The van der Waals surface area contributed by atoms with E-state index in [-0.39, 0.29) is 24.1 Å². The Balaban J connectivity index is 2.25. The molecule has 0 unspecified atom stereocenters. The fourth-order valence-electron chi connectivity index (χ4n) is 1.86. The van der Waals surface area contributed by atoms with E-state index in [2.05, 4.69) is 10.3 Å². The van der Waals surface area contributed by atoms with Crippen LogP contribution in [0, 0.1) is 5.92 Å². The number of rotatable bonds is 4. The van der Waals surface area contributed by atoms with Gasteiger partial charge in [-0.3, -0.25) is 14.2 Å². The fraction of sp³-hybridized carbons (Fsp3) is 0.400. The summed E-state index contributed by atoms with van der Waals surface area (Å²) in [6, 6.07) is 4.98.